The van der Waals surface area contributed by atoms with Gasteiger partial charge in [-0.2, -0.15) is 0 Å². The van der Waals surface area contributed by atoms with E-state index in [1.54, 1.807) is 25.3 Å². The first-order valence-corrected chi connectivity index (χ1v) is 8.62. The van der Waals surface area contributed by atoms with Gasteiger partial charge in [-0.15, -0.1) is 0 Å². The highest BCUT2D eigenvalue weighted by Gasteiger charge is 2.20. The number of carboxylic acid groups (broad SMARTS) is 1. The van der Waals surface area contributed by atoms with E-state index in [9.17, 15) is 14.7 Å². The highest BCUT2D eigenvalue weighted by atomic mass is 16.5. The average molecular weight is 368 g/mol. The fraction of sp³-hybridized carbons (Fsp3) is 0.250. The van der Waals surface area contributed by atoms with Crippen LogP contribution in [0.4, 0.5) is 5.82 Å². The van der Waals surface area contributed by atoms with Crippen molar-refractivity contribution >= 4 is 23.8 Å². The van der Waals surface area contributed by atoms with Gasteiger partial charge in [0.2, 0.25) is 0 Å². The molecular weight excluding hydrogens is 348 g/mol. The van der Waals surface area contributed by atoms with Crippen LogP contribution < -0.4 is 9.64 Å². The summed E-state index contributed by atoms with van der Waals surface area (Å²) in [7, 11) is 0. The molecule has 7 heteroatoms. The summed E-state index contributed by atoms with van der Waals surface area (Å²) in [6.45, 7) is 3.50. The Morgan fingerprint density at radius 1 is 1.33 bits per heavy atom. The Balaban J connectivity index is 1.91. The number of aromatic nitrogens is 1. The zero-order valence-corrected chi connectivity index (χ0v) is 14.9. The van der Waals surface area contributed by atoms with Crippen LogP contribution in [0.15, 0.2) is 48.2 Å². The second-order valence-electron chi connectivity index (χ2n) is 5.91. The number of carboxylic acids is 1. The Labute approximate surface area is 156 Å². The minimum Gasteiger partial charge on any atom is -0.491 e. The molecule has 2 aromatic rings. The van der Waals surface area contributed by atoms with Crippen LogP contribution in [0.5, 0.6) is 5.75 Å². The Kier molecular flexibility index (Phi) is 5.71. The molecule has 140 valence electrons. The molecule has 0 saturated heterocycles. The number of hydrogen-bond donors (Lipinski definition) is 1. The number of pyridine rings is 1. The Bertz CT molecular complexity index is 864. The molecule has 1 aromatic carbocycles. The van der Waals surface area contributed by atoms with Crippen LogP contribution in [0.1, 0.15) is 18.1 Å². The number of ether oxygens (including phenoxy) is 2. The van der Waals surface area contributed by atoms with Gasteiger partial charge in [0.1, 0.15) is 23.7 Å². The van der Waals surface area contributed by atoms with Crippen LogP contribution in [0.25, 0.3) is 6.08 Å². The monoisotopic (exact) mass is 368 g/mol. The van der Waals surface area contributed by atoms with E-state index in [0.717, 1.165) is 17.1 Å². The molecule has 0 bridgehead atoms. The number of carbonyl (C=O) groups is 2. The van der Waals surface area contributed by atoms with Gasteiger partial charge in [0, 0.05) is 18.3 Å². The summed E-state index contributed by atoms with van der Waals surface area (Å²) in [5.41, 5.74) is 1.07. The first kappa shape index (κ1) is 18.4. The Hall–Kier alpha value is -3.35. The van der Waals surface area contributed by atoms with E-state index in [-0.39, 0.29) is 6.61 Å². The fourth-order valence-corrected chi connectivity index (χ4v) is 2.82. The number of rotatable bonds is 5. The van der Waals surface area contributed by atoms with E-state index in [4.69, 9.17) is 9.47 Å². The summed E-state index contributed by atoms with van der Waals surface area (Å²) < 4.78 is 10.6. The lowest BCUT2D eigenvalue weighted by Crippen LogP contribution is -2.25. The maximum atomic E-state index is 11.9. The number of anilines is 1. The fourth-order valence-electron chi connectivity index (χ4n) is 2.82. The minimum absolute atomic E-state index is 0.112. The molecule has 0 saturated carbocycles. The lowest BCUT2D eigenvalue weighted by atomic mass is 10.1. The van der Waals surface area contributed by atoms with Gasteiger partial charge in [-0.25, -0.2) is 14.6 Å². The molecule has 0 unspecified atom stereocenters. The summed E-state index contributed by atoms with van der Waals surface area (Å²) in [6.07, 6.45) is 3.05. The van der Waals surface area contributed by atoms with Crippen molar-refractivity contribution in [3.63, 3.8) is 0 Å². The van der Waals surface area contributed by atoms with Gasteiger partial charge in [0.25, 0.3) is 0 Å². The van der Waals surface area contributed by atoms with E-state index in [0.29, 0.717) is 25.3 Å². The van der Waals surface area contributed by atoms with Crippen LogP contribution >= 0.6 is 0 Å². The largest absolute Gasteiger partial charge is 0.491 e. The normalized spacial score (nSPS) is 14.0. The second kappa shape index (κ2) is 8.35. The predicted molar refractivity (Wildman–Crippen MR) is 99.5 cm³/mol. The third-order valence-corrected chi connectivity index (χ3v) is 4.07. The molecule has 0 atom stereocenters. The van der Waals surface area contributed by atoms with Crippen LogP contribution in [-0.4, -0.2) is 41.8 Å². The lowest BCUT2D eigenvalue weighted by Gasteiger charge is -2.20. The molecular formula is C20H20N2O5. The van der Waals surface area contributed by atoms with E-state index < -0.39 is 17.5 Å². The summed E-state index contributed by atoms with van der Waals surface area (Å²) in [5, 5.41) is 9.30. The van der Waals surface area contributed by atoms with Gasteiger partial charge in [0.15, 0.2) is 0 Å². The molecule has 0 aliphatic carbocycles. The minimum atomic E-state index is -1.32. The zero-order chi connectivity index (χ0) is 19.2. The maximum Gasteiger partial charge on any atom is 0.345 e. The summed E-state index contributed by atoms with van der Waals surface area (Å²) in [4.78, 5) is 29.7. The molecule has 7 nitrogen and oxygen atoms in total. The molecule has 2 heterocycles. The number of benzene rings is 1. The number of esters is 1. The first-order valence-electron chi connectivity index (χ1n) is 8.62. The molecule has 1 aliphatic rings. The smallest absolute Gasteiger partial charge is 0.345 e. The average Bonchev–Trinajstić information content (AvgIpc) is 2.88. The van der Waals surface area contributed by atoms with Crippen LogP contribution in [0.3, 0.4) is 0 Å². The third kappa shape index (κ3) is 4.44. The van der Waals surface area contributed by atoms with E-state index in [1.165, 1.54) is 6.08 Å². The second-order valence-corrected chi connectivity index (χ2v) is 5.91. The van der Waals surface area contributed by atoms with Gasteiger partial charge in [-0.1, -0.05) is 12.1 Å². The number of hydrogen-bond acceptors (Lipinski definition) is 6. The number of nitrogens with zero attached hydrogens (tertiary/aromatic N) is 2. The number of aliphatic carboxylic acids is 1. The van der Waals surface area contributed by atoms with Gasteiger partial charge in [0.05, 0.1) is 13.2 Å². The van der Waals surface area contributed by atoms with E-state index in [2.05, 4.69) is 9.88 Å². The maximum absolute atomic E-state index is 11.9. The van der Waals surface area contributed by atoms with Crippen molar-refractivity contribution in [3.05, 3.63) is 59.3 Å². The highest BCUT2D eigenvalue weighted by molar-refractivity contribution is 6.17. The standard InChI is InChI=1S/C20H20N2O5/c1-2-26-20(25)16(19(23)24)12-14-6-7-17-15(11-14)13-22(9-10-27-17)18-5-3-4-8-21-18/h3-8,11-12H,2,9-10,13H2,1H3,(H,23,24). The molecule has 0 radical (unpaired) electrons. The van der Waals surface area contributed by atoms with Crippen molar-refractivity contribution in [3.8, 4) is 5.75 Å². The molecule has 1 aliphatic heterocycles. The van der Waals surface area contributed by atoms with Crippen LogP contribution in [0.2, 0.25) is 0 Å². The van der Waals surface area contributed by atoms with Gasteiger partial charge >= 0.3 is 11.9 Å². The molecule has 1 N–H and O–H groups in total. The summed E-state index contributed by atoms with van der Waals surface area (Å²) >= 11 is 0. The van der Waals surface area contributed by atoms with Crippen molar-refractivity contribution in [2.24, 2.45) is 0 Å². The van der Waals surface area contributed by atoms with Gasteiger partial charge < -0.3 is 19.5 Å². The molecule has 0 spiro atoms. The topological polar surface area (TPSA) is 89.0 Å². The quantitative estimate of drug-likeness (QED) is 0.375. The molecule has 1 aromatic heterocycles. The van der Waals surface area contributed by atoms with Crippen molar-refractivity contribution in [2.75, 3.05) is 24.7 Å². The SMILES string of the molecule is CCOC(=O)C(=Cc1ccc2c(c1)CN(c1ccccn1)CCO2)C(=O)O. The van der Waals surface area contributed by atoms with Crippen molar-refractivity contribution in [1.82, 2.24) is 4.98 Å². The van der Waals surface area contributed by atoms with Crippen LogP contribution in [0, 0.1) is 0 Å². The number of fused-ring (bicyclic) bond motifs is 1. The highest BCUT2D eigenvalue weighted by Crippen LogP contribution is 2.27. The predicted octanol–water partition coefficient (Wildman–Crippen LogP) is 2.51. The molecule has 0 amide bonds. The van der Waals surface area contributed by atoms with Gasteiger partial charge in [-0.3, -0.25) is 0 Å². The van der Waals surface area contributed by atoms with Crippen molar-refractivity contribution in [1.29, 1.82) is 0 Å². The molecule has 0 fully saturated rings. The van der Waals surface area contributed by atoms with E-state index >= 15 is 0 Å². The Morgan fingerprint density at radius 3 is 2.89 bits per heavy atom. The summed E-state index contributed by atoms with van der Waals surface area (Å²) in [6, 6.07) is 11.0. The van der Waals surface area contributed by atoms with Crippen molar-refractivity contribution in [2.45, 2.75) is 13.5 Å². The third-order valence-electron chi connectivity index (χ3n) is 4.07. The zero-order valence-electron chi connectivity index (χ0n) is 14.9. The first-order chi connectivity index (χ1) is 13.1. The summed E-state index contributed by atoms with van der Waals surface area (Å²) in [5.74, 6) is -0.604. The van der Waals surface area contributed by atoms with Crippen molar-refractivity contribution < 1.29 is 24.2 Å². The van der Waals surface area contributed by atoms with Crippen LogP contribution in [-0.2, 0) is 20.9 Å². The van der Waals surface area contributed by atoms with E-state index in [1.807, 2.05) is 24.3 Å². The number of carbonyl (C=O) groups excluding carboxylic acids is 1. The van der Waals surface area contributed by atoms with Gasteiger partial charge in [-0.05, 0) is 42.8 Å². The molecule has 3 rings (SSSR count). The molecule has 27 heavy (non-hydrogen) atoms. The lowest BCUT2D eigenvalue weighted by molar-refractivity contribution is -0.143. The Morgan fingerprint density at radius 2 is 2.19 bits per heavy atom.